The molecule has 16 rings (SSSR count). The number of esters is 2. The lowest BCUT2D eigenvalue weighted by molar-refractivity contribution is -0.164. The van der Waals surface area contributed by atoms with Crippen LogP contribution in [0.3, 0.4) is 0 Å². The van der Waals surface area contributed by atoms with Gasteiger partial charge >= 0.3 is 11.9 Å². The van der Waals surface area contributed by atoms with Gasteiger partial charge in [0.1, 0.15) is 23.0 Å². The number of aromatic hydroxyl groups is 2. The standard InChI is InChI=1S/C58H74N4O8Si.C50H57N5O9.2H2S/c1-57(2,3)71(4,5)40-44(49-22-24-51(63)54-50(49)23-25-52(64)59-54)17-12-16-41-28-32-61(33-29-41)55(66)45-36-62(37-45)53(65)39-69-48-21-13-20-47(34-48)58(68,46-18-10-7-11-19-46)56(67)70-38-43-26-30-60(31-27-43)35-42-14-8-6-9-15-42;56-43-16-14-41(42-15-17-45(58)52-47(42)43)44(57)28-51-27-34-20-24-54(25-21-34)48(60)37-30-55(31-37)46(59)33-63-40-13-7-12-39(26-40)50(62,38-10-5-2-6-11-38)49(61)64-32-36-18-22-53(23-19-36)29-35-8-3-1-4-9-35;;/h6-11,13-15,18-25,34,41,43-45,63,68H,12,16-17,26-33,35-40H2,1-5H3,(H,59,64);1-17,26,34,36-37,44,51,56-57,62H,18-25,27-33H2,(H,52,58);2*1H2/t44?,58-;44-,50-;;/m00../s1. The molecule has 4 amide bonds. The molecule has 0 radical (unpaired) electrons. The smallest absolute Gasteiger partial charge is 0.347 e. The van der Waals surface area contributed by atoms with Gasteiger partial charge in [0.05, 0.1) is 50.3 Å². The number of phenolic OH excluding ortho intramolecular Hbond substituents is 2. The summed E-state index contributed by atoms with van der Waals surface area (Å²) in [6.45, 7) is 22.2. The lowest BCUT2D eigenvalue weighted by atomic mass is 9.86. The maximum Gasteiger partial charge on any atom is 0.347 e. The molecule has 0 saturated carbocycles. The predicted octanol–water partition coefficient (Wildman–Crippen LogP) is 14.0. The molecule has 8 N–H and O–H groups in total. The van der Waals surface area contributed by atoms with Crippen LogP contribution in [0.15, 0.2) is 228 Å². The highest BCUT2D eigenvalue weighted by Crippen LogP contribution is 2.47. The molecule has 0 aliphatic carbocycles. The van der Waals surface area contributed by atoms with Crippen LogP contribution in [-0.2, 0) is 62.5 Å². The van der Waals surface area contributed by atoms with Crippen molar-refractivity contribution in [2.24, 2.45) is 35.5 Å². The quantitative estimate of drug-likeness (QED) is 0.0137. The fourth-order valence-corrected chi connectivity index (χ4v) is 22.1. The Balaban J connectivity index is 0.000000229. The number of fused-ring (bicyclic) bond motifs is 2. The number of carbonyl (C=O) groups is 6. The molecule has 730 valence electrons. The van der Waals surface area contributed by atoms with Crippen molar-refractivity contribution in [2.45, 2.75) is 152 Å². The molecule has 10 aromatic rings. The number of aliphatic hydroxyl groups is 3. The first-order chi connectivity index (χ1) is 65.0. The zero-order valence-electron chi connectivity index (χ0n) is 79.3. The number of carbonyl (C=O) groups excluding carboxylic acids is 6. The SMILES string of the molecule is CC(C)(C)[Si](C)(C)CC(CCCC1CCN(C(=O)C2CN(C(=O)COc3cccc([C@](O)(C(=O)OCC4CCN(Cc5ccccc5)CC4)c4ccccc4)c3)C2)CC1)c1ccc(O)c2[nH]c(=O)ccc12.O=C(COc1cccc([C@](O)(C(=O)OCC2CCN(Cc3ccccc3)CC2)c2ccccc2)c1)N1CC(C(=O)N2CCC(CNC[C@H](O)c3ccc(O)c4[nH]c(=O)ccc34)CC2)C1.S.S. The number of rotatable bonds is 34. The Labute approximate surface area is 817 Å². The monoisotopic (exact) mass is 1920 g/mol. The number of phenols is 2. The molecular weight excluding hydrogens is 1790 g/mol. The van der Waals surface area contributed by atoms with Crippen LogP contribution in [0.2, 0.25) is 24.2 Å². The van der Waals surface area contributed by atoms with Crippen molar-refractivity contribution in [3.63, 3.8) is 0 Å². The number of hydrogen-bond acceptors (Lipinski definition) is 20. The number of likely N-dealkylation sites (tertiary alicyclic amines) is 6. The normalized spacial score (nSPS) is 17.7. The van der Waals surface area contributed by atoms with Crippen molar-refractivity contribution in [1.82, 2.24) is 44.7 Å². The van der Waals surface area contributed by atoms with Crippen molar-refractivity contribution in [3.05, 3.63) is 284 Å². The summed E-state index contributed by atoms with van der Waals surface area (Å²) in [7, 11) is -1.69. The molecule has 6 fully saturated rings. The van der Waals surface area contributed by atoms with Gasteiger partial charge in [-0.15, -0.1) is 0 Å². The van der Waals surface area contributed by atoms with Gasteiger partial charge in [0, 0.05) is 106 Å². The van der Waals surface area contributed by atoms with E-state index < -0.39 is 37.3 Å². The highest BCUT2D eigenvalue weighted by Gasteiger charge is 2.47. The number of aliphatic hydroxyl groups excluding tert-OH is 1. The van der Waals surface area contributed by atoms with E-state index in [-0.39, 0.29) is 140 Å². The van der Waals surface area contributed by atoms with Crippen LogP contribution in [0, 0.1) is 35.5 Å². The molecule has 6 aliphatic rings. The minimum absolute atomic E-state index is 0. The number of nitrogens with zero attached hydrogens (tertiary/aromatic N) is 6. The van der Waals surface area contributed by atoms with E-state index in [0.29, 0.717) is 128 Å². The summed E-state index contributed by atoms with van der Waals surface area (Å²) in [5, 5.41) is 61.1. The summed E-state index contributed by atoms with van der Waals surface area (Å²) in [5.41, 5.74) is 1.66. The molecule has 26 nitrogen and oxygen atoms in total. The van der Waals surface area contributed by atoms with Crippen LogP contribution < -0.4 is 25.9 Å². The van der Waals surface area contributed by atoms with Crippen molar-refractivity contribution < 1.29 is 73.2 Å². The van der Waals surface area contributed by atoms with Crippen LogP contribution in [0.4, 0.5) is 0 Å². The number of piperidine rings is 4. The molecule has 0 spiro atoms. The van der Waals surface area contributed by atoms with E-state index in [1.807, 2.05) is 58.3 Å². The maximum atomic E-state index is 13.9. The van der Waals surface area contributed by atoms with Gasteiger partial charge < -0.3 is 79.4 Å². The van der Waals surface area contributed by atoms with Gasteiger partial charge in [0.2, 0.25) is 34.1 Å². The van der Waals surface area contributed by atoms with Gasteiger partial charge in [0.25, 0.3) is 11.8 Å². The molecule has 1 unspecified atom stereocenters. The third kappa shape index (κ3) is 25.7. The van der Waals surface area contributed by atoms with Crippen LogP contribution in [0.1, 0.15) is 148 Å². The van der Waals surface area contributed by atoms with Crippen LogP contribution >= 0.6 is 27.0 Å². The largest absolute Gasteiger partial charge is 0.506 e. The van der Waals surface area contributed by atoms with Crippen molar-refractivity contribution in [2.75, 3.05) is 118 Å². The van der Waals surface area contributed by atoms with E-state index in [1.165, 1.54) is 28.8 Å². The maximum absolute atomic E-state index is 13.9. The van der Waals surface area contributed by atoms with Gasteiger partial charge in [-0.3, -0.25) is 38.6 Å². The number of nitrogens with one attached hydrogen (secondary N) is 3. The van der Waals surface area contributed by atoms with E-state index in [2.05, 4.69) is 95.3 Å². The molecule has 4 atom stereocenters. The highest BCUT2D eigenvalue weighted by molar-refractivity contribution is 7.59. The second-order valence-corrected chi connectivity index (χ2v) is 45.3. The number of ether oxygens (including phenoxy) is 4. The number of aromatic amines is 2. The number of benzene rings is 8. The lowest BCUT2D eigenvalue weighted by Gasteiger charge is -2.42. The zero-order chi connectivity index (χ0) is 95.0. The number of pyridine rings is 2. The molecule has 29 heteroatoms. The second kappa shape index (κ2) is 47.0. The molecule has 137 heavy (non-hydrogen) atoms. The topological polar surface area (TPSA) is 338 Å². The van der Waals surface area contributed by atoms with Crippen LogP contribution in [-0.4, -0.2) is 227 Å². The molecule has 8 heterocycles. The first kappa shape index (κ1) is 103. The Bertz CT molecular complexity index is 5840. The minimum atomic E-state index is -2.11. The third-order valence-corrected chi connectivity index (χ3v) is 34.9. The molecule has 8 aromatic carbocycles. The van der Waals surface area contributed by atoms with E-state index in [1.54, 1.807) is 131 Å². The van der Waals surface area contributed by atoms with Crippen LogP contribution in [0.25, 0.3) is 21.8 Å². The fourth-order valence-electron chi connectivity index (χ4n) is 19.8. The van der Waals surface area contributed by atoms with Gasteiger partial charge in [-0.2, -0.15) is 27.0 Å². The fraction of sp³-hybridized carbons (Fsp3) is 0.444. The van der Waals surface area contributed by atoms with Gasteiger partial charge in [0.15, 0.2) is 13.2 Å². The highest BCUT2D eigenvalue weighted by atomic mass is 32.1. The summed E-state index contributed by atoms with van der Waals surface area (Å²) < 4.78 is 23.6. The van der Waals surface area contributed by atoms with Crippen molar-refractivity contribution >= 4 is 92.4 Å². The summed E-state index contributed by atoms with van der Waals surface area (Å²) in [6, 6.07) is 65.8. The van der Waals surface area contributed by atoms with E-state index in [9.17, 15) is 63.9 Å². The molecule has 6 saturated heterocycles. The third-order valence-electron chi connectivity index (χ3n) is 29.4. The molecule has 6 aliphatic heterocycles. The average Bonchev–Trinajstić information content (AvgIpc) is 0.780. The zero-order valence-corrected chi connectivity index (χ0v) is 82.3. The predicted molar refractivity (Wildman–Crippen MR) is 542 cm³/mol. The Hall–Kier alpha value is -11.1. The lowest BCUT2D eigenvalue weighted by Crippen LogP contribution is -2.58. The molecule has 0 bridgehead atoms. The number of aromatic nitrogens is 2. The average molecular weight is 1920 g/mol. The summed E-state index contributed by atoms with van der Waals surface area (Å²) in [5.74, 6) is -0.187. The van der Waals surface area contributed by atoms with Crippen molar-refractivity contribution in [1.29, 1.82) is 0 Å². The van der Waals surface area contributed by atoms with Gasteiger partial charge in [-0.1, -0.05) is 210 Å². The number of amides is 4. The summed E-state index contributed by atoms with van der Waals surface area (Å²) in [4.78, 5) is 123. The molecular formula is C108H135N9O17S2Si. The van der Waals surface area contributed by atoms with E-state index in [4.69, 9.17) is 18.9 Å². The Kier molecular flexibility index (Phi) is 35.4. The molecule has 2 aromatic heterocycles. The van der Waals surface area contributed by atoms with Crippen molar-refractivity contribution in [3.8, 4) is 23.0 Å². The first-order valence-electron chi connectivity index (χ1n) is 48.1. The summed E-state index contributed by atoms with van der Waals surface area (Å²) >= 11 is 0. The Morgan fingerprint density at radius 1 is 0.460 bits per heavy atom. The second-order valence-electron chi connectivity index (χ2n) is 39.6. The van der Waals surface area contributed by atoms with Gasteiger partial charge in [-0.25, -0.2) is 9.59 Å². The van der Waals surface area contributed by atoms with E-state index in [0.717, 1.165) is 121 Å². The first-order valence-corrected chi connectivity index (χ1v) is 51.4. The summed E-state index contributed by atoms with van der Waals surface area (Å²) in [6.07, 6.45) is 9.40. The Morgan fingerprint density at radius 3 is 1.27 bits per heavy atom. The van der Waals surface area contributed by atoms with Gasteiger partial charge in [-0.05, 0) is 207 Å². The van der Waals surface area contributed by atoms with E-state index >= 15 is 0 Å². The number of H-pyrrole nitrogens is 2. The van der Waals surface area contributed by atoms with Crippen LogP contribution in [0.5, 0.6) is 23.0 Å². The number of hydrogen-bond donors (Lipinski definition) is 8. The Morgan fingerprint density at radius 2 is 0.847 bits per heavy atom. The minimum Gasteiger partial charge on any atom is -0.506 e.